The van der Waals surface area contributed by atoms with E-state index in [1.807, 2.05) is 18.2 Å². The first-order valence-electron chi connectivity index (χ1n) is 6.82. The molecule has 1 heteroatoms. The molecule has 1 nitrogen and oxygen atoms in total. The van der Waals surface area contributed by atoms with Crippen LogP contribution in [0, 0.1) is 11.8 Å². The number of hydrogen-bond donors (Lipinski definition) is 1. The smallest absolute Gasteiger partial charge is 0.0718 e. The molecular formula is C14H18O. The fourth-order valence-electron chi connectivity index (χ4n) is 3.23. The molecule has 1 aromatic rings. The van der Waals surface area contributed by atoms with Gasteiger partial charge in [-0.05, 0) is 43.1 Å². The first-order chi connectivity index (χ1) is 8.04. The van der Waals surface area contributed by atoms with Crippen molar-refractivity contribution in [2.24, 2.45) is 11.8 Å². The van der Waals surface area contributed by atoms with Crippen LogP contribution in [-0.4, -0.2) is 10.7 Å². The minimum absolute atomic E-state index is 0.141. The summed E-state index contributed by atoms with van der Waals surface area (Å²) in [6.07, 6.45) is 2.14. The summed E-state index contributed by atoms with van der Waals surface area (Å²) in [5, 5.41) is 10.8. The van der Waals surface area contributed by atoms with E-state index in [2.05, 4.69) is 0 Å². The molecule has 1 N–H and O–H groups in total. The van der Waals surface area contributed by atoms with Gasteiger partial charge in [-0.25, -0.2) is 0 Å². The molecule has 80 valence electrons. The quantitative estimate of drug-likeness (QED) is 0.785. The Morgan fingerprint density at radius 3 is 2.73 bits per heavy atom. The van der Waals surface area contributed by atoms with Gasteiger partial charge >= 0.3 is 0 Å². The van der Waals surface area contributed by atoms with Crippen LogP contribution in [0.2, 0.25) is 0 Å². The lowest BCUT2D eigenvalue weighted by Crippen LogP contribution is -2.37. The highest BCUT2D eigenvalue weighted by atomic mass is 16.3. The second-order valence-corrected chi connectivity index (χ2v) is 5.00. The van der Waals surface area contributed by atoms with E-state index in [4.69, 9.17) is 2.74 Å². The van der Waals surface area contributed by atoms with Crippen LogP contribution in [0.1, 0.15) is 34.0 Å². The van der Waals surface area contributed by atoms with Crippen molar-refractivity contribution in [2.75, 3.05) is 0 Å². The van der Waals surface area contributed by atoms with E-state index < -0.39 is 12.0 Å². The van der Waals surface area contributed by atoms with E-state index in [-0.39, 0.29) is 5.92 Å². The van der Waals surface area contributed by atoms with Crippen molar-refractivity contribution < 1.29 is 7.85 Å². The van der Waals surface area contributed by atoms with Crippen molar-refractivity contribution in [1.82, 2.24) is 0 Å². The highest BCUT2D eigenvalue weighted by Crippen LogP contribution is 2.51. The molecule has 0 unspecified atom stereocenters. The van der Waals surface area contributed by atoms with E-state index in [1.165, 1.54) is 0 Å². The molecule has 2 bridgehead atoms. The standard InChI is InChI=1S/C14H18O/c15-14(9-11-4-2-1-3-5-11)10-12-6-7-13(14)8-12/h1-5,12-13,15H,6-10H2/t12-,13+,14-/m0/s1/i9D2. The summed E-state index contributed by atoms with van der Waals surface area (Å²) < 4.78 is 16.7. The number of hydrogen-bond acceptors (Lipinski definition) is 1. The van der Waals surface area contributed by atoms with Crippen LogP contribution in [0.5, 0.6) is 0 Å². The third-order valence-corrected chi connectivity index (χ3v) is 3.95. The summed E-state index contributed by atoms with van der Waals surface area (Å²) in [5.74, 6) is 0.673. The first-order valence-corrected chi connectivity index (χ1v) is 5.82. The molecule has 3 rings (SSSR count). The van der Waals surface area contributed by atoms with Crippen molar-refractivity contribution in [1.29, 1.82) is 0 Å². The zero-order valence-corrected chi connectivity index (χ0v) is 8.82. The molecule has 0 radical (unpaired) electrons. The Labute approximate surface area is 93.9 Å². The summed E-state index contributed by atoms with van der Waals surface area (Å²) in [5.41, 5.74) is -0.549. The maximum Gasteiger partial charge on any atom is 0.0718 e. The van der Waals surface area contributed by atoms with Gasteiger partial charge in [-0.2, -0.15) is 0 Å². The average molecular weight is 204 g/mol. The van der Waals surface area contributed by atoms with Crippen molar-refractivity contribution in [3.05, 3.63) is 35.9 Å². The van der Waals surface area contributed by atoms with Gasteiger partial charge in [0, 0.05) is 9.11 Å². The first kappa shape index (κ1) is 7.45. The van der Waals surface area contributed by atoms with Gasteiger partial charge in [0.1, 0.15) is 0 Å². The van der Waals surface area contributed by atoms with E-state index in [0.717, 1.165) is 19.3 Å². The molecule has 0 heterocycles. The molecule has 0 aliphatic heterocycles. The van der Waals surface area contributed by atoms with E-state index in [1.54, 1.807) is 12.1 Å². The fourth-order valence-corrected chi connectivity index (χ4v) is 3.23. The lowest BCUT2D eigenvalue weighted by molar-refractivity contribution is -0.0125. The minimum Gasteiger partial charge on any atom is -0.389 e. The SMILES string of the molecule is [2H]C([2H])(c1ccccc1)[C@]1(O)C[C@H]2CC[C@@H]1C2. The van der Waals surface area contributed by atoms with Crippen LogP contribution in [0.25, 0.3) is 0 Å². The number of benzene rings is 1. The van der Waals surface area contributed by atoms with Crippen LogP contribution in [0.15, 0.2) is 30.3 Å². The highest BCUT2D eigenvalue weighted by Gasteiger charge is 2.49. The predicted molar refractivity (Wildman–Crippen MR) is 60.5 cm³/mol. The van der Waals surface area contributed by atoms with Crippen LogP contribution < -0.4 is 0 Å². The van der Waals surface area contributed by atoms with Gasteiger partial charge in [0.2, 0.25) is 0 Å². The summed E-state index contributed by atoms with van der Waals surface area (Å²) in [7, 11) is 0. The molecule has 2 aliphatic rings. The zero-order valence-electron chi connectivity index (χ0n) is 10.8. The Morgan fingerprint density at radius 2 is 2.13 bits per heavy atom. The molecule has 3 atom stereocenters. The van der Waals surface area contributed by atoms with Crippen molar-refractivity contribution in [3.63, 3.8) is 0 Å². The highest BCUT2D eigenvalue weighted by molar-refractivity contribution is 5.19. The number of aliphatic hydroxyl groups is 1. The van der Waals surface area contributed by atoms with Gasteiger partial charge in [-0.3, -0.25) is 0 Å². The van der Waals surface area contributed by atoms with Crippen molar-refractivity contribution >= 4 is 0 Å². The van der Waals surface area contributed by atoms with Crippen LogP contribution in [0.3, 0.4) is 0 Å². The Morgan fingerprint density at radius 1 is 1.33 bits per heavy atom. The monoisotopic (exact) mass is 204 g/mol. The topological polar surface area (TPSA) is 20.2 Å². The molecule has 0 amide bonds. The largest absolute Gasteiger partial charge is 0.389 e. The zero-order chi connectivity index (χ0) is 12.1. The summed E-state index contributed by atoms with van der Waals surface area (Å²) in [6, 6.07) is 9.12. The normalized spacial score (nSPS) is 41.4. The van der Waals surface area contributed by atoms with Gasteiger partial charge in [0.05, 0.1) is 5.60 Å². The molecule has 0 saturated heterocycles. The molecule has 1 aromatic carbocycles. The molecular weight excluding hydrogens is 184 g/mol. The van der Waals surface area contributed by atoms with Gasteiger partial charge < -0.3 is 5.11 Å². The van der Waals surface area contributed by atoms with Gasteiger partial charge in [-0.15, -0.1) is 0 Å². The molecule has 2 aliphatic carbocycles. The number of rotatable bonds is 2. The second kappa shape index (κ2) is 3.34. The van der Waals surface area contributed by atoms with Gasteiger partial charge in [0.25, 0.3) is 0 Å². The van der Waals surface area contributed by atoms with Crippen LogP contribution in [-0.2, 0) is 6.37 Å². The summed E-state index contributed by atoms with van der Waals surface area (Å²) in [6.45, 7) is 0. The molecule has 0 aromatic heterocycles. The van der Waals surface area contributed by atoms with Crippen LogP contribution in [0.4, 0.5) is 0 Å². The van der Waals surface area contributed by atoms with Gasteiger partial charge in [-0.1, -0.05) is 30.3 Å². The Bertz CT molecular complexity index is 417. The maximum absolute atomic E-state index is 10.8. The molecule has 15 heavy (non-hydrogen) atoms. The second-order valence-electron chi connectivity index (χ2n) is 5.00. The third kappa shape index (κ3) is 1.59. The summed E-state index contributed by atoms with van der Waals surface area (Å²) in [4.78, 5) is 0. The van der Waals surface area contributed by atoms with Crippen molar-refractivity contribution in [2.45, 2.75) is 37.7 Å². The summed E-state index contributed by atoms with van der Waals surface area (Å²) >= 11 is 0. The molecule has 2 saturated carbocycles. The lowest BCUT2D eigenvalue weighted by atomic mass is 9.80. The minimum atomic E-state index is -1.63. The van der Waals surface area contributed by atoms with Crippen LogP contribution >= 0.6 is 0 Å². The van der Waals surface area contributed by atoms with Gasteiger partial charge in [0.15, 0.2) is 0 Å². The van der Waals surface area contributed by atoms with Crippen molar-refractivity contribution in [3.8, 4) is 0 Å². The molecule has 2 fully saturated rings. The van der Waals surface area contributed by atoms with E-state index in [0.29, 0.717) is 17.9 Å². The average Bonchev–Trinajstić information content (AvgIpc) is 2.90. The maximum atomic E-state index is 10.8. The Kier molecular flexibility index (Phi) is 1.66. The van der Waals surface area contributed by atoms with E-state index in [9.17, 15) is 5.11 Å². The fraction of sp³-hybridized carbons (Fsp3) is 0.571. The third-order valence-electron chi connectivity index (χ3n) is 3.95. The molecule has 0 spiro atoms. The van der Waals surface area contributed by atoms with E-state index >= 15 is 0 Å². The predicted octanol–water partition coefficient (Wildman–Crippen LogP) is 2.78. The number of fused-ring (bicyclic) bond motifs is 2. The lowest BCUT2D eigenvalue weighted by Gasteiger charge is -2.32. The Balaban J connectivity index is 1.98. The Hall–Kier alpha value is -0.820.